The minimum absolute atomic E-state index is 0.0341. The van der Waals surface area contributed by atoms with E-state index in [4.69, 9.17) is 10.00 Å². The molecule has 0 aromatic heterocycles. The molecular formula is C12H14N2O2. The first kappa shape index (κ1) is 12.2. The minimum atomic E-state index is -0.158. The number of nitrogens with zero attached hydrogens (tertiary/aromatic N) is 1. The second-order valence-electron chi connectivity index (χ2n) is 3.52. The quantitative estimate of drug-likeness (QED) is 0.829. The van der Waals surface area contributed by atoms with Crippen LogP contribution in [0.25, 0.3) is 0 Å². The monoisotopic (exact) mass is 218 g/mol. The van der Waals surface area contributed by atoms with Crippen molar-refractivity contribution < 1.29 is 9.53 Å². The highest BCUT2D eigenvalue weighted by Crippen LogP contribution is 2.03. The molecular weight excluding hydrogens is 204 g/mol. The molecule has 0 saturated carbocycles. The van der Waals surface area contributed by atoms with Crippen molar-refractivity contribution in [2.24, 2.45) is 0 Å². The molecule has 0 aliphatic carbocycles. The van der Waals surface area contributed by atoms with Crippen molar-refractivity contribution in [2.45, 2.75) is 13.0 Å². The summed E-state index contributed by atoms with van der Waals surface area (Å²) in [7, 11) is 1.59. The second-order valence-corrected chi connectivity index (χ2v) is 3.52. The molecule has 16 heavy (non-hydrogen) atoms. The van der Waals surface area contributed by atoms with E-state index in [9.17, 15) is 4.79 Å². The van der Waals surface area contributed by atoms with Crippen LogP contribution in [0.5, 0.6) is 0 Å². The van der Waals surface area contributed by atoms with Crippen molar-refractivity contribution in [1.82, 2.24) is 5.32 Å². The van der Waals surface area contributed by atoms with Crippen LogP contribution in [0.1, 0.15) is 22.8 Å². The number of methoxy groups -OCH3 is 1. The Hall–Kier alpha value is -1.86. The van der Waals surface area contributed by atoms with Gasteiger partial charge in [-0.05, 0) is 31.2 Å². The molecule has 4 heteroatoms. The van der Waals surface area contributed by atoms with E-state index < -0.39 is 0 Å². The molecule has 1 unspecified atom stereocenters. The van der Waals surface area contributed by atoms with Crippen LogP contribution >= 0.6 is 0 Å². The lowest BCUT2D eigenvalue weighted by Crippen LogP contribution is -2.35. The zero-order chi connectivity index (χ0) is 12.0. The molecule has 0 aliphatic heterocycles. The van der Waals surface area contributed by atoms with Crippen LogP contribution in [0.3, 0.4) is 0 Å². The van der Waals surface area contributed by atoms with Gasteiger partial charge in [-0.1, -0.05) is 0 Å². The van der Waals surface area contributed by atoms with Gasteiger partial charge < -0.3 is 10.1 Å². The van der Waals surface area contributed by atoms with Gasteiger partial charge >= 0.3 is 0 Å². The highest BCUT2D eigenvalue weighted by molar-refractivity contribution is 5.94. The molecule has 4 nitrogen and oxygen atoms in total. The van der Waals surface area contributed by atoms with Crippen LogP contribution in [-0.4, -0.2) is 25.7 Å². The molecule has 0 aliphatic rings. The SMILES string of the molecule is COCC(C)NC(=O)c1ccc(C#N)cc1. The Kier molecular flexibility index (Phi) is 4.49. The van der Waals surface area contributed by atoms with Gasteiger partial charge in [-0.2, -0.15) is 5.26 Å². The third kappa shape index (κ3) is 3.37. The van der Waals surface area contributed by atoms with E-state index in [0.29, 0.717) is 17.7 Å². The molecule has 1 rings (SSSR count). The Labute approximate surface area is 94.8 Å². The summed E-state index contributed by atoms with van der Waals surface area (Å²) in [5, 5.41) is 11.4. The van der Waals surface area contributed by atoms with Gasteiger partial charge in [-0.3, -0.25) is 4.79 Å². The first-order valence-electron chi connectivity index (χ1n) is 4.97. The van der Waals surface area contributed by atoms with E-state index in [2.05, 4.69) is 5.32 Å². The van der Waals surface area contributed by atoms with Crippen molar-refractivity contribution in [2.75, 3.05) is 13.7 Å². The summed E-state index contributed by atoms with van der Waals surface area (Å²) in [6.45, 7) is 2.34. The zero-order valence-electron chi connectivity index (χ0n) is 9.36. The van der Waals surface area contributed by atoms with Gasteiger partial charge in [0.15, 0.2) is 0 Å². The van der Waals surface area contributed by atoms with Crippen molar-refractivity contribution in [3.63, 3.8) is 0 Å². The number of rotatable bonds is 4. The third-order valence-electron chi connectivity index (χ3n) is 2.07. The smallest absolute Gasteiger partial charge is 0.251 e. The molecule has 1 amide bonds. The summed E-state index contributed by atoms with van der Waals surface area (Å²) in [6.07, 6.45) is 0. The van der Waals surface area contributed by atoms with Gasteiger partial charge in [0, 0.05) is 18.7 Å². The third-order valence-corrected chi connectivity index (χ3v) is 2.07. The molecule has 0 radical (unpaired) electrons. The number of nitriles is 1. The molecule has 0 heterocycles. The fraction of sp³-hybridized carbons (Fsp3) is 0.333. The fourth-order valence-corrected chi connectivity index (χ4v) is 1.29. The van der Waals surface area contributed by atoms with Crippen molar-refractivity contribution in [3.05, 3.63) is 35.4 Å². The van der Waals surface area contributed by atoms with E-state index in [1.165, 1.54) is 0 Å². The lowest BCUT2D eigenvalue weighted by atomic mass is 10.1. The summed E-state index contributed by atoms with van der Waals surface area (Å²) in [6, 6.07) is 8.47. The fourth-order valence-electron chi connectivity index (χ4n) is 1.29. The Balaban J connectivity index is 2.63. The van der Waals surface area contributed by atoms with E-state index >= 15 is 0 Å². The molecule has 1 atom stereocenters. The predicted molar refractivity (Wildman–Crippen MR) is 60.0 cm³/mol. The molecule has 0 bridgehead atoms. The number of nitrogens with one attached hydrogen (secondary N) is 1. The summed E-state index contributed by atoms with van der Waals surface area (Å²) < 4.78 is 4.92. The Morgan fingerprint density at radius 1 is 1.50 bits per heavy atom. The van der Waals surface area contributed by atoms with Crippen LogP contribution in [0.15, 0.2) is 24.3 Å². The van der Waals surface area contributed by atoms with E-state index in [1.54, 1.807) is 31.4 Å². The second kappa shape index (κ2) is 5.89. The van der Waals surface area contributed by atoms with Gasteiger partial charge in [-0.25, -0.2) is 0 Å². The van der Waals surface area contributed by atoms with Crippen molar-refractivity contribution in [3.8, 4) is 6.07 Å². The summed E-state index contributed by atoms with van der Waals surface area (Å²) in [4.78, 5) is 11.7. The molecule has 84 valence electrons. The van der Waals surface area contributed by atoms with E-state index in [-0.39, 0.29) is 11.9 Å². The van der Waals surface area contributed by atoms with Gasteiger partial charge in [0.1, 0.15) is 0 Å². The summed E-state index contributed by atoms with van der Waals surface area (Å²) >= 11 is 0. The number of hydrogen-bond donors (Lipinski definition) is 1. The number of hydrogen-bond acceptors (Lipinski definition) is 3. The topological polar surface area (TPSA) is 62.1 Å². The number of ether oxygens (including phenoxy) is 1. The minimum Gasteiger partial charge on any atom is -0.383 e. The largest absolute Gasteiger partial charge is 0.383 e. The van der Waals surface area contributed by atoms with Gasteiger partial charge in [0.25, 0.3) is 5.91 Å². The highest BCUT2D eigenvalue weighted by atomic mass is 16.5. The molecule has 1 aromatic carbocycles. The van der Waals surface area contributed by atoms with Gasteiger partial charge in [-0.15, -0.1) is 0 Å². The van der Waals surface area contributed by atoms with Crippen LogP contribution in [0.4, 0.5) is 0 Å². The molecule has 0 saturated heterocycles. The maximum Gasteiger partial charge on any atom is 0.251 e. The first-order chi connectivity index (χ1) is 7.67. The summed E-state index contributed by atoms with van der Waals surface area (Å²) in [5.41, 5.74) is 1.09. The van der Waals surface area contributed by atoms with Crippen LogP contribution < -0.4 is 5.32 Å². The standard InChI is InChI=1S/C12H14N2O2/c1-9(8-16-2)14-12(15)11-5-3-10(7-13)4-6-11/h3-6,9H,8H2,1-2H3,(H,14,15). The van der Waals surface area contributed by atoms with E-state index in [1.807, 2.05) is 13.0 Å². The van der Waals surface area contributed by atoms with Crippen LogP contribution in [0, 0.1) is 11.3 Å². The van der Waals surface area contributed by atoms with Crippen LogP contribution in [-0.2, 0) is 4.74 Å². The summed E-state index contributed by atoms with van der Waals surface area (Å²) in [5.74, 6) is -0.158. The lowest BCUT2D eigenvalue weighted by molar-refractivity contribution is 0.0905. The Morgan fingerprint density at radius 3 is 2.62 bits per heavy atom. The number of amides is 1. The molecule has 0 spiro atoms. The molecule has 1 N–H and O–H groups in total. The molecule has 0 fully saturated rings. The Morgan fingerprint density at radius 2 is 2.12 bits per heavy atom. The van der Waals surface area contributed by atoms with Gasteiger partial charge in [0.05, 0.1) is 18.2 Å². The predicted octanol–water partition coefficient (Wildman–Crippen LogP) is 1.32. The van der Waals surface area contributed by atoms with Crippen LogP contribution in [0.2, 0.25) is 0 Å². The normalized spacial score (nSPS) is 11.6. The number of carbonyl (C=O) groups is 1. The first-order valence-corrected chi connectivity index (χ1v) is 4.97. The average molecular weight is 218 g/mol. The number of carbonyl (C=O) groups excluding carboxylic acids is 1. The molecule has 1 aromatic rings. The number of benzene rings is 1. The maximum absolute atomic E-state index is 11.7. The highest BCUT2D eigenvalue weighted by Gasteiger charge is 2.08. The zero-order valence-corrected chi connectivity index (χ0v) is 9.36. The average Bonchev–Trinajstić information content (AvgIpc) is 2.29. The van der Waals surface area contributed by atoms with E-state index in [0.717, 1.165) is 0 Å². The lowest BCUT2D eigenvalue weighted by Gasteiger charge is -2.12. The maximum atomic E-state index is 11.7. The van der Waals surface area contributed by atoms with Gasteiger partial charge in [0.2, 0.25) is 0 Å². The Bertz CT molecular complexity index is 392. The van der Waals surface area contributed by atoms with Crippen molar-refractivity contribution >= 4 is 5.91 Å². The van der Waals surface area contributed by atoms with Crippen molar-refractivity contribution in [1.29, 1.82) is 5.26 Å².